The fourth-order valence-corrected chi connectivity index (χ4v) is 2.34. The van der Waals surface area contributed by atoms with E-state index in [-0.39, 0.29) is 24.4 Å². The molecule has 0 aliphatic rings. The molecule has 1 rings (SSSR count). The number of rotatable bonds is 8. The van der Waals surface area contributed by atoms with Gasteiger partial charge in [0.05, 0.1) is 12.7 Å². The van der Waals surface area contributed by atoms with Crippen LogP contribution in [0, 0.1) is 0 Å². The summed E-state index contributed by atoms with van der Waals surface area (Å²) in [6.45, 7) is 4.55. The fraction of sp³-hybridized carbons (Fsp3) is 0.667. The topological polar surface area (TPSA) is 110 Å². The first-order valence-electron chi connectivity index (χ1n) is 6.42. The van der Waals surface area contributed by atoms with Crippen molar-refractivity contribution >= 4 is 28.3 Å². The summed E-state index contributed by atoms with van der Waals surface area (Å²) in [7, 11) is 1.54. The quantitative estimate of drug-likeness (QED) is 0.562. The SMILES string of the molecule is COCC(O)CCNc1snc(N)c1C(=O)NC(C)C. The Kier molecular flexibility index (Phi) is 6.69. The van der Waals surface area contributed by atoms with Crippen molar-refractivity contribution in [2.45, 2.75) is 32.4 Å². The van der Waals surface area contributed by atoms with Crippen molar-refractivity contribution in [3.05, 3.63) is 5.56 Å². The average molecular weight is 302 g/mol. The van der Waals surface area contributed by atoms with Crippen LogP contribution >= 0.6 is 11.5 Å². The number of ether oxygens (including phenoxy) is 1. The maximum atomic E-state index is 12.0. The molecule has 1 amide bonds. The fourth-order valence-electron chi connectivity index (χ4n) is 1.60. The number of anilines is 2. The van der Waals surface area contributed by atoms with Crippen molar-refractivity contribution in [2.24, 2.45) is 0 Å². The summed E-state index contributed by atoms with van der Waals surface area (Å²) in [6, 6.07) is 0.0261. The second-order valence-electron chi connectivity index (χ2n) is 4.72. The van der Waals surface area contributed by atoms with Gasteiger partial charge in [0.15, 0.2) is 5.82 Å². The predicted molar refractivity (Wildman–Crippen MR) is 80.1 cm³/mol. The Hall–Kier alpha value is -1.38. The zero-order valence-corrected chi connectivity index (χ0v) is 12.8. The molecule has 1 aromatic heterocycles. The lowest BCUT2D eigenvalue weighted by atomic mass is 10.2. The van der Waals surface area contributed by atoms with E-state index in [1.54, 1.807) is 0 Å². The predicted octanol–water partition coefficient (Wildman–Crippen LogP) is 0.673. The molecule has 1 heterocycles. The summed E-state index contributed by atoms with van der Waals surface area (Å²) in [6.07, 6.45) is -0.0256. The number of amides is 1. The maximum absolute atomic E-state index is 12.0. The molecule has 0 aromatic carbocycles. The van der Waals surface area contributed by atoms with Crippen LogP contribution in [0.3, 0.4) is 0 Å². The summed E-state index contributed by atoms with van der Waals surface area (Å²) >= 11 is 1.14. The van der Waals surface area contributed by atoms with Crippen molar-refractivity contribution in [3.63, 3.8) is 0 Å². The average Bonchev–Trinajstić information content (AvgIpc) is 2.70. The number of nitrogens with zero attached hydrogens (tertiary/aromatic N) is 1. The minimum atomic E-state index is -0.536. The molecule has 0 fully saturated rings. The molecule has 7 nitrogen and oxygen atoms in total. The summed E-state index contributed by atoms with van der Waals surface area (Å²) in [5.41, 5.74) is 6.09. The summed E-state index contributed by atoms with van der Waals surface area (Å²) in [5.74, 6) is -0.0284. The third-order valence-corrected chi connectivity index (χ3v) is 3.31. The number of aromatic nitrogens is 1. The Bertz CT molecular complexity index is 436. The molecule has 5 N–H and O–H groups in total. The smallest absolute Gasteiger partial charge is 0.258 e. The zero-order chi connectivity index (χ0) is 15.1. The Morgan fingerprint density at radius 1 is 1.55 bits per heavy atom. The van der Waals surface area contributed by atoms with Crippen LogP contribution in [0.5, 0.6) is 0 Å². The van der Waals surface area contributed by atoms with Crippen molar-refractivity contribution in [3.8, 4) is 0 Å². The van der Waals surface area contributed by atoms with Gasteiger partial charge in [-0.1, -0.05) is 0 Å². The number of aliphatic hydroxyl groups excluding tert-OH is 1. The molecule has 114 valence electrons. The molecule has 0 saturated heterocycles. The van der Waals surface area contributed by atoms with Crippen molar-refractivity contribution in [2.75, 3.05) is 31.3 Å². The third kappa shape index (κ3) is 4.95. The molecule has 0 saturated carbocycles. The van der Waals surface area contributed by atoms with Gasteiger partial charge in [0.2, 0.25) is 0 Å². The molecular weight excluding hydrogens is 280 g/mol. The minimum Gasteiger partial charge on any atom is -0.391 e. The second kappa shape index (κ2) is 8.03. The van der Waals surface area contributed by atoms with E-state index in [0.29, 0.717) is 23.5 Å². The van der Waals surface area contributed by atoms with Gasteiger partial charge < -0.3 is 26.2 Å². The summed E-state index contributed by atoms with van der Waals surface area (Å²) < 4.78 is 8.83. The molecule has 0 bridgehead atoms. The first-order valence-corrected chi connectivity index (χ1v) is 7.20. The van der Waals surface area contributed by atoms with Crippen LogP contribution in [-0.4, -0.2) is 47.8 Å². The molecule has 0 aliphatic carbocycles. The zero-order valence-electron chi connectivity index (χ0n) is 12.0. The van der Waals surface area contributed by atoms with Crippen molar-refractivity contribution in [1.29, 1.82) is 0 Å². The van der Waals surface area contributed by atoms with Gasteiger partial charge in [-0.3, -0.25) is 4.79 Å². The van der Waals surface area contributed by atoms with Crippen LogP contribution in [0.25, 0.3) is 0 Å². The highest BCUT2D eigenvalue weighted by Crippen LogP contribution is 2.26. The van der Waals surface area contributed by atoms with Gasteiger partial charge in [0.1, 0.15) is 10.6 Å². The highest BCUT2D eigenvalue weighted by atomic mass is 32.1. The molecule has 1 atom stereocenters. The second-order valence-corrected chi connectivity index (χ2v) is 5.50. The third-order valence-electron chi connectivity index (χ3n) is 2.49. The first-order chi connectivity index (χ1) is 9.45. The summed E-state index contributed by atoms with van der Waals surface area (Å²) in [4.78, 5) is 12.0. The Balaban J connectivity index is 2.60. The van der Waals surface area contributed by atoms with Crippen LogP contribution in [0.15, 0.2) is 0 Å². The van der Waals surface area contributed by atoms with Gasteiger partial charge in [-0.05, 0) is 31.8 Å². The van der Waals surface area contributed by atoms with Gasteiger partial charge in [0, 0.05) is 19.7 Å². The molecule has 0 radical (unpaired) electrons. The Labute approximate surface area is 122 Å². The highest BCUT2D eigenvalue weighted by Gasteiger charge is 2.19. The van der Waals surface area contributed by atoms with E-state index < -0.39 is 6.10 Å². The molecule has 1 aromatic rings. The lowest BCUT2D eigenvalue weighted by molar-refractivity contribution is 0.0615. The van der Waals surface area contributed by atoms with E-state index >= 15 is 0 Å². The number of carbonyl (C=O) groups excluding carboxylic acids is 1. The van der Waals surface area contributed by atoms with Crippen LogP contribution in [0.4, 0.5) is 10.8 Å². The Morgan fingerprint density at radius 2 is 2.25 bits per heavy atom. The van der Waals surface area contributed by atoms with Gasteiger partial charge in [-0.15, -0.1) is 0 Å². The van der Waals surface area contributed by atoms with Gasteiger partial charge in [-0.2, -0.15) is 4.37 Å². The van der Waals surface area contributed by atoms with E-state index in [1.807, 2.05) is 13.8 Å². The number of hydrogen-bond donors (Lipinski definition) is 4. The lowest BCUT2D eigenvalue weighted by Crippen LogP contribution is -2.31. The normalized spacial score (nSPS) is 12.4. The number of aliphatic hydroxyl groups is 1. The molecule has 20 heavy (non-hydrogen) atoms. The maximum Gasteiger partial charge on any atom is 0.258 e. The highest BCUT2D eigenvalue weighted by molar-refractivity contribution is 7.11. The van der Waals surface area contributed by atoms with E-state index in [9.17, 15) is 9.90 Å². The van der Waals surface area contributed by atoms with Gasteiger partial charge >= 0.3 is 0 Å². The largest absolute Gasteiger partial charge is 0.391 e. The van der Waals surface area contributed by atoms with Crippen molar-refractivity contribution in [1.82, 2.24) is 9.69 Å². The molecular formula is C12H22N4O3S. The molecule has 8 heteroatoms. The van der Waals surface area contributed by atoms with Crippen LogP contribution in [-0.2, 0) is 4.74 Å². The number of carbonyl (C=O) groups is 1. The number of nitrogen functional groups attached to an aromatic ring is 1. The van der Waals surface area contributed by atoms with Crippen LogP contribution < -0.4 is 16.4 Å². The summed E-state index contributed by atoms with van der Waals surface area (Å²) in [5, 5.41) is 16.0. The molecule has 0 spiro atoms. The van der Waals surface area contributed by atoms with Gasteiger partial charge in [0.25, 0.3) is 5.91 Å². The lowest BCUT2D eigenvalue weighted by Gasteiger charge is -2.12. The molecule has 1 unspecified atom stereocenters. The van der Waals surface area contributed by atoms with Crippen LogP contribution in [0.2, 0.25) is 0 Å². The van der Waals surface area contributed by atoms with Crippen molar-refractivity contribution < 1.29 is 14.6 Å². The van der Waals surface area contributed by atoms with E-state index in [1.165, 1.54) is 7.11 Å². The number of nitrogens with one attached hydrogen (secondary N) is 2. The molecule has 0 aliphatic heterocycles. The van der Waals surface area contributed by atoms with Crippen LogP contribution in [0.1, 0.15) is 30.6 Å². The van der Waals surface area contributed by atoms with E-state index in [0.717, 1.165) is 11.5 Å². The number of hydrogen-bond acceptors (Lipinski definition) is 7. The number of methoxy groups -OCH3 is 1. The minimum absolute atomic E-state index is 0.0261. The van der Waals surface area contributed by atoms with Gasteiger partial charge in [-0.25, -0.2) is 0 Å². The standard InChI is InChI=1S/C12H22N4O3S/c1-7(2)15-11(18)9-10(13)16-20-12(9)14-5-4-8(17)6-19-3/h7-8,14,17H,4-6H2,1-3H3,(H2,13,16)(H,15,18). The van der Waals surface area contributed by atoms with E-state index in [4.69, 9.17) is 10.5 Å². The Morgan fingerprint density at radius 3 is 2.85 bits per heavy atom. The van der Waals surface area contributed by atoms with E-state index in [2.05, 4.69) is 15.0 Å². The monoisotopic (exact) mass is 302 g/mol. The number of nitrogens with two attached hydrogens (primary N) is 1. The first kappa shape index (κ1) is 16.7.